The third-order valence-corrected chi connectivity index (χ3v) is 3.26. The highest BCUT2D eigenvalue weighted by Gasteiger charge is 2.14. The topological polar surface area (TPSA) is 46.9 Å². The maximum absolute atomic E-state index is 12.9. The third kappa shape index (κ3) is 3.90. The summed E-state index contributed by atoms with van der Waals surface area (Å²) in [5, 5.41) is 7.19. The van der Waals surface area contributed by atoms with E-state index in [-0.39, 0.29) is 11.7 Å². The summed E-state index contributed by atoms with van der Waals surface area (Å²) >= 11 is 0. The molecule has 0 saturated heterocycles. The van der Waals surface area contributed by atoms with E-state index >= 15 is 0 Å². The van der Waals surface area contributed by atoms with Crippen molar-refractivity contribution in [3.63, 3.8) is 0 Å². The van der Waals surface area contributed by atoms with Crippen LogP contribution in [0.15, 0.2) is 30.3 Å². The minimum Gasteiger partial charge on any atom is -0.351 e. The lowest BCUT2D eigenvalue weighted by molar-refractivity contribution is 0.0942. The second kappa shape index (κ2) is 6.52. The van der Waals surface area contributed by atoms with E-state index in [1.54, 1.807) is 29.9 Å². The molecule has 0 radical (unpaired) electrons. The molecule has 0 unspecified atom stereocenters. The largest absolute Gasteiger partial charge is 0.351 e. The van der Waals surface area contributed by atoms with Crippen LogP contribution in [0.2, 0.25) is 0 Å². The lowest BCUT2D eigenvalue weighted by Crippen LogP contribution is -2.27. The number of nitrogens with one attached hydrogen (secondary N) is 1. The van der Waals surface area contributed by atoms with Gasteiger partial charge in [0.2, 0.25) is 0 Å². The summed E-state index contributed by atoms with van der Waals surface area (Å²) in [6.07, 6.45) is 0.939. The minimum atomic E-state index is -0.290. The molecule has 0 aliphatic rings. The first-order valence-electron chi connectivity index (χ1n) is 7.05. The van der Waals surface area contributed by atoms with Gasteiger partial charge >= 0.3 is 0 Å². The molecule has 1 heterocycles. The second-order valence-electron chi connectivity index (χ2n) is 5.48. The van der Waals surface area contributed by atoms with Gasteiger partial charge in [-0.15, -0.1) is 0 Å². The summed E-state index contributed by atoms with van der Waals surface area (Å²) in [7, 11) is 1.73. The fourth-order valence-corrected chi connectivity index (χ4v) is 2.01. The average Bonchev–Trinajstić information content (AvgIpc) is 2.81. The van der Waals surface area contributed by atoms with Gasteiger partial charge in [-0.1, -0.05) is 13.8 Å². The Balaban J connectivity index is 2.11. The molecular formula is C16H20FN3O. The van der Waals surface area contributed by atoms with Gasteiger partial charge in [0.25, 0.3) is 5.91 Å². The van der Waals surface area contributed by atoms with E-state index in [0.717, 1.165) is 12.0 Å². The van der Waals surface area contributed by atoms with Gasteiger partial charge in [-0.2, -0.15) is 5.10 Å². The molecular weight excluding hydrogens is 269 g/mol. The van der Waals surface area contributed by atoms with Crippen LogP contribution in [0.3, 0.4) is 0 Å². The maximum Gasteiger partial charge on any atom is 0.269 e. The number of carbonyl (C=O) groups is 1. The van der Waals surface area contributed by atoms with Crippen LogP contribution < -0.4 is 5.32 Å². The highest BCUT2D eigenvalue weighted by molar-refractivity contribution is 5.93. The van der Waals surface area contributed by atoms with Crippen molar-refractivity contribution in [2.24, 2.45) is 13.0 Å². The zero-order valence-corrected chi connectivity index (χ0v) is 12.6. The number of nitrogens with zero attached hydrogens (tertiary/aromatic N) is 2. The van der Waals surface area contributed by atoms with Gasteiger partial charge < -0.3 is 5.32 Å². The monoisotopic (exact) mass is 289 g/mol. The molecule has 1 aromatic heterocycles. The van der Waals surface area contributed by atoms with E-state index in [4.69, 9.17) is 0 Å². The van der Waals surface area contributed by atoms with Gasteiger partial charge in [0.05, 0.1) is 5.69 Å². The summed E-state index contributed by atoms with van der Waals surface area (Å²) in [5.74, 6) is 0.118. The van der Waals surface area contributed by atoms with Crippen molar-refractivity contribution >= 4 is 5.91 Å². The summed E-state index contributed by atoms with van der Waals surface area (Å²) < 4.78 is 14.5. The zero-order valence-electron chi connectivity index (χ0n) is 12.6. The van der Waals surface area contributed by atoms with Gasteiger partial charge in [-0.3, -0.25) is 9.48 Å². The van der Waals surface area contributed by atoms with Crippen molar-refractivity contribution < 1.29 is 9.18 Å². The molecule has 0 fully saturated rings. The van der Waals surface area contributed by atoms with E-state index in [0.29, 0.717) is 23.9 Å². The summed E-state index contributed by atoms with van der Waals surface area (Å²) in [6.45, 7) is 4.87. The standard InChI is InChI=1S/C16H20FN3O/c1-11(2)8-9-18-16(21)15-10-14(19-20(15)3)12-4-6-13(17)7-5-12/h4-7,10-11H,8-9H2,1-3H3,(H,18,21). The fraction of sp³-hybridized carbons (Fsp3) is 0.375. The van der Waals surface area contributed by atoms with Crippen molar-refractivity contribution in [1.29, 1.82) is 0 Å². The van der Waals surface area contributed by atoms with Crippen molar-refractivity contribution in [1.82, 2.24) is 15.1 Å². The van der Waals surface area contributed by atoms with Crippen molar-refractivity contribution in [2.75, 3.05) is 6.54 Å². The van der Waals surface area contributed by atoms with Crippen LogP contribution in [0.25, 0.3) is 11.3 Å². The maximum atomic E-state index is 12.9. The molecule has 0 aliphatic heterocycles. The molecule has 21 heavy (non-hydrogen) atoms. The normalized spacial score (nSPS) is 10.9. The molecule has 0 atom stereocenters. The Kier molecular flexibility index (Phi) is 4.73. The van der Waals surface area contributed by atoms with E-state index in [1.807, 2.05) is 0 Å². The molecule has 5 heteroatoms. The van der Waals surface area contributed by atoms with Crippen molar-refractivity contribution in [2.45, 2.75) is 20.3 Å². The zero-order chi connectivity index (χ0) is 15.4. The molecule has 1 aromatic carbocycles. The number of rotatable bonds is 5. The lowest BCUT2D eigenvalue weighted by atomic mass is 10.1. The number of halogens is 1. The number of aromatic nitrogens is 2. The van der Waals surface area contributed by atoms with Gasteiger partial charge in [0.15, 0.2) is 0 Å². The Labute approximate surface area is 124 Å². The molecule has 4 nitrogen and oxygen atoms in total. The van der Waals surface area contributed by atoms with Crippen molar-refractivity contribution in [3.8, 4) is 11.3 Å². The quantitative estimate of drug-likeness (QED) is 0.919. The molecule has 1 N–H and O–H groups in total. The predicted molar refractivity (Wildman–Crippen MR) is 80.4 cm³/mol. The molecule has 0 aliphatic carbocycles. The summed E-state index contributed by atoms with van der Waals surface area (Å²) in [4.78, 5) is 12.1. The Hall–Kier alpha value is -2.17. The molecule has 0 saturated carbocycles. The van der Waals surface area contributed by atoms with Crippen LogP contribution in [-0.2, 0) is 7.05 Å². The summed E-state index contributed by atoms with van der Waals surface area (Å²) in [5.41, 5.74) is 1.94. The summed E-state index contributed by atoms with van der Waals surface area (Å²) in [6, 6.07) is 7.78. The fourth-order valence-electron chi connectivity index (χ4n) is 2.01. The molecule has 112 valence electrons. The van der Waals surface area contributed by atoms with E-state index < -0.39 is 0 Å². The van der Waals surface area contributed by atoms with E-state index in [2.05, 4.69) is 24.3 Å². The SMILES string of the molecule is CC(C)CCNC(=O)c1cc(-c2ccc(F)cc2)nn1C. The van der Waals surface area contributed by atoms with Crippen LogP contribution in [0, 0.1) is 11.7 Å². The molecule has 2 aromatic rings. The highest BCUT2D eigenvalue weighted by Crippen LogP contribution is 2.19. The molecule has 1 amide bonds. The number of hydrogen-bond acceptors (Lipinski definition) is 2. The molecule has 0 bridgehead atoms. The molecule has 0 spiro atoms. The Morgan fingerprint density at radius 3 is 2.62 bits per heavy atom. The highest BCUT2D eigenvalue weighted by atomic mass is 19.1. The van der Waals surface area contributed by atoms with E-state index in [1.165, 1.54) is 12.1 Å². The van der Waals surface area contributed by atoms with Crippen LogP contribution in [-0.4, -0.2) is 22.2 Å². The molecule has 2 rings (SSSR count). The first kappa shape index (κ1) is 15.2. The minimum absolute atomic E-state index is 0.140. The third-order valence-electron chi connectivity index (χ3n) is 3.26. The van der Waals surface area contributed by atoms with Gasteiger partial charge in [0.1, 0.15) is 11.5 Å². The average molecular weight is 289 g/mol. The van der Waals surface area contributed by atoms with E-state index in [9.17, 15) is 9.18 Å². The number of benzene rings is 1. The van der Waals surface area contributed by atoms with Crippen LogP contribution in [0.5, 0.6) is 0 Å². The number of hydrogen-bond donors (Lipinski definition) is 1. The van der Waals surface area contributed by atoms with Gasteiger partial charge in [0, 0.05) is 19.2 Å². The van der Waals surface area contributed by atoms with Crippen LogP contribution in [0.4, 0.5) is 4.39 Å². The Morgan fingerprint density at radius 1 is 1.33 bits per heavy atom. The van der Waals surface area contributed by atoms with Gasteiger partial charge in [-0.05, 0) is 42.7 Å². The Bertz CT molecular complexity index is 617. The predicted octanol–water partition coefficient (Wildman–Crippen LogP) is 3.00. The van der Waals surface area contributed by atoms with Crippen LogP contribution >= 0.6 is 0 Å². The number of carbonyl (C=O) groups excluding carboxylic acids is 1. The first-order valence-corrected chi connectivity index (χ1v) is 7.05. The van der Waals surface area contributed by atoms with Crippen molar-refractivity contribution in [3.05, 3.63) is 41.8 Å². The Morgan fingerprint density at radius 2 is 2.00 bits per heavy atom. The smallest absolute Gasteiger partial charge is 0.269 e. The lowest BCUT2D eigenvalue weighted by Gasteiger charge is -2.06. The van der Waals surface area contributed by atoms with Crippen LogP contribution in [0.1, 0.15) is 30.8 Å². The first-order chi connectivity index (χ1) is 9.97. The van der Waals surface area contributed by atoms with Gasteiger partial charge in [-0.25, -0.2) is 4.39 Å². The second-order valence-corrected chi connectivity index (χ2v) is 5.48. The number of aryl methyl sites for hydroxylation is 1. The number of amides is 1.